The van der Waals surface area contributed by atoms with E-state index in [0.29, 0.717) is 12.8 Å². The number of halogens is 3. The van der Waals surface area contributed by atoms with Gasteiger partial charge in [-0.25, -0.2) is 0 Å². The Bertz CT molecular complexity index is 321. The normalized spacial score (nSPS) is 18.6. The van der Waals surface area contributed by atoms with Gasteiger partial charge in [0, 0.05) is 18.0 Å². The van der Waals surface area contributed by atoms with E-state index in [0.717, 1.165) is 30.6 Å². The minimum atomic E-state index is -4.37. The molecular formula is C14H25F3N2O. The molecule has 1 rings (SSSR count). The third-order valence-corrected chi connectivity index (χ3v) is 4.16. The van der Waals surface area contributed by atoms with Crippen molar-refractivity contribution in [3.63, 3.8) is 0 Å². The molecule has 1 aliphatic rings. The van der Waals surface area contributed by atoms with Gasteiger partial charge in [-0.05, 0) is 25.7 Å². The summed E-state index contributed by atoms with van der Waals surface area (Å²) < 4.78 is 38.0. The van der Waals surface area contributed by atoms with Gasteiger partial charge in [0.05, 0.1) is 0 Å². The zero-order chi connectivity index (χ0) is 15.4. The number of alkyl halides is 3. The van der Waals surface area contributed by atoms with Crippen LogP contribution in [0.4, 0.5) is 13.2 Å². The maximum Gasteiger partial charge on any atom is 0.406 e. The molecule has 0 saturated heterocycles. The molecule has 0 spiro atoms. The van der Waals surface area contributed by atoms with Crippen LogP contribution in [0.5, 0.6) is 0 Å². The van der Waals surface area contributed by atoms with Gasteiger partial charge >= 0.3 is 6.18 Å². The number of hydrogen-bond donors (Lipinski definition) is 1. The monoisotopic (exact) mass is 294 g/mol. The molecule has 0 aromatic carbocycles. The molecule has 1 saturated carbocycles. The number of carbonyl (C=O) groups is 1. The third kappa shape index (κ3) is 4.96. The molecule has 6 heteroatoms. The summed E-state index contributed by atoms with van der Waals surface area (Å²) >= 11 is 0. The largest absolute Gasteiger partial charge is 0.406 e. The summed E-state index contributed by atoms with van der Waals surface area (Å²) in [7, 11) is 0. The molecule has 0 bridgehead atoms. The van der Waals surface area contributed by atoms with Crippen LogP contribution in [0.15, 0.2) is 0 Å². The van der Waals surface area contributed by atoms with Gasteiger partial charge in [0.15, 0.2) is 0 Å². The zero-order valence-corrected chi connectivity index (χ0v) is 12.3. The van der Waals surface area contributed by atoms with Crippen molar-refractivity contribution in [1.29, 1.82) is 0 Å². The highest BCUT2D eigenvalue weighted by Gasteiger charge is 2.39. The fraction of sp³-hybridized carbons (Fsp3) is 0.929. The number of nitrogens with two attached hydrogens (primary N) is 1. The fourth-order valence-electron chi connectivity index (χ4n) is 3.00. The Labute approximate surface area is 118 Å². The van der Waals surface area contributed by atoms with E-state index in [1.165, 1.54) is 0 Å². The van der Waals surface area contributed by atoms with Crippen LogP contribution in [-0.4, -0.2) is 35.1 Å². The van der Waals surface area contributed by atoms with Crippen molar-refractivity contribution in [3.05, 3.63) is 0 Å². The molecule has 0 atom stereocenters. The summed E-state index contributed by atoms with van der Waals surface area (Å²) in [5.74, 6) is -0.458. The van der Waals surface area contributed by atoms with Gasteiger partial charge in [-0.1, -0.05) is 26.7 Å². The smallest absolute Gasteiger partial charge is 0.331 e. The molecule has 2 N–H and O–H groups in total. The molecule has 1 amide bonds. The minimum absolute atomic E-state index is 0.0274. The number of hydrogen-bond acceptors (Lipinski definition) is 2. The van der Waals surface area contributed by atoms with Crippen LogP contribution in [0.25, 0.3) is 0 Å². The summed E-state index contributed by atoms with van der Waals surface area (Å²) in [6.07, 6.45) is 0.0617. The summed E-state index contributed by atoms with van der Waals surface area (Å²) in [6, 6.07) is -0.367. The molecule has 118 valence electrons. The zero-order valence-electron chi connectivity index (χ0n) is 12.3. The van der Waals surface area contributed by atoms with Crippen molar-refractivity contribution in [2.75, 3.05) is 6.54 Å². The van der Waals surface area contributed by atoms with E-state index in [9.17, 15) is 18.0 Å². The van der Waals surface area contributed by atoms with E-state index in [1.807, 2.05) is 0 Å². The highest BCUT2D eigenvalue weighted by Crippen LogP contribution is 2.31. The minimum Gasteiger partial charge on any atom is -0.331 e. The van der Waals surface area contributed by atoms with Crippen LogP contribution in [0.2, 0.25) is 0 Å². The first-order chi connectivity index (χ1) is 9.21. The Balaban J connectivity index is 2.78. The van der Waals surface area contributed by atoms with Gasteiger partial charge in [0.2, 0.25) is 5.91 Å². The van der Waals surface area contributed by atoms with Crippen LogP contribution in [0.3, 0.4) is 0 Å². The van der Waals surface area contributed by atoms with Gasteiger partial charge in [0.1, 0.15) is 6.54 Å². The van der Waals surface area contributed by atoms with Crippen molar-refractivity contribution in [1.82, 2.24) is 4.90 Å². The summed E-state index contributed by atoms with van der Waals surface area (Å²) in [5.41, 5.74) is 5.51. The summed E-state index contributed by atoms with van der Waals surface area (Å²) in [5, 5.41) is 0. The molecule has 0 radical (unpaired) electrons. The van der Waals surface area contributed by atoms with Crippen molar-refractivity contribution in [2.45, 2.75) is 76.6 Å². The molecule has 0 aromatic heterocycles. The molecule has 20 heavy (non-hydrogen) atoms. The molecule has 0 heterocycles. The average Bonchev–Trinajstić information content (AvgIpc) is 2.74. The molecule has 3 nitrogen and oxygen atoms in total. The van der Waals surface area contributed by atoms with Crippen molar-refractivity contribution in [2.24, 2.45) is 5.73 Å². The van der Waals surface area contributed by atoms with Gasteiger partial charge in [-0.3, -0.25) is 4.79 Å². The van der Waals surface area contributed by atoms with Gasteiger partial charge in [-0.15, -0.1) is 0 Å². The molecule has 1 fully saturated rings. The molecule has 0 unspecified atom stereocenters. The predicted molar refractivity (Wildman–Crippen MR) is 72.1 cm³/mol. The topological polar surface area (TPSA) is 46.3 Å². The average molecular weight is 294 g/mol. The van der Waals surface area contributed by atoms with Crippen LogP contribution >= 0.6 is 0 Å². The lowest BCUT2D eigenvalue weighted by atomic mass is 9.93. The number of amides is 1. The van der Waals surface area contributed by atoms with E-state index in [4.69, 9.17) is 5.73 Å². The van der Waals surface area contributed by atoms with Crippen molar-refractivity contribution in [3.8, 4) is 0 Å². The third-order valence-electron chi connectivity index (χ3n) is 4.16. The second-order valence-corrected chi connectivity index (χ2v) is 5.85. The number of nitrogens with zero attached hydrogens (tertiary/aromatic N) is 1. The van der Waals surface area contributed by atoms with Crippen LogP contribution in [0.1, 0.15) is 58.8 Å². The second-order valence-electron chi connectivity index (χ2n) is 5.85. The maximum atomic E-state index is 12.7. The quantitative estimate of drug-likeness (QED) is 0.817. The van der Waals surface area contributed by atoms with E-state index in [2.05, 4.69) is 0 Å². The van der Waals surface area contributed by atoms with Gasteiger partial charge in [0.25, 0.3) is 0 Å². The van der Waals surface area contributed by atoms with Crippen LogP contribution in [-0.2, 0) is 4.79 Å². The Morgan fingerprint density at radius 3 is 2.15 bits per heavy atom. The first-order valence-corrected chi connectivity index (χ1v) is 7.36. The predicted octanol–water partition coefficient (Wildman–Crippen LogP) is 3.23. The Morgan fingerprint density at radius 2 is 1.75 bits per heavy atom. The second kappa shape index (κ2) is 6.78. The molecular weight excluding hydrogens is 269 g/mol. The Kier molecular flexibility index (Phi) is 5.86. The van der Waals surface area contributed by atoms with Crippen molar-refractivity contribution < 1.29 is 18.0 Å². The van der Waals surface area contributed by atoms with E-state index < -0.39 is 24.2 Å². The number of carbonyl (C=O) groups excluding carboxylic acids is 1. The molecule has 0 aliphatic heterocycles. The first kappa shape index (κ1) is 17.3. The molecule has 1 aliphatic carbocycles. The SMILES string of the molecule is CCC(CC)N(CC(F)(F)F)C(=O)CC1(N)CCCC1. The summed E-state index contributed by atoms with van der Waals surface area (Å²) in [4.78, 5) is 13.3. The van der Waals surface area contributed by atoms with Crippen LogP contribution in [0, 0.1) is 0 Å². The molecule has 0 aromatic rings. The van der Waals surface area contributed by atoms with Crippen LogP contribution < -0.4 is 5.73 Å². The fourth-order valence-corrected chi connectivity index (χ4v) is 3.00. The number of rotatable bonds is 6. The first-order valence-electron chi connectivity index (χ1n) is 7.36. The lowest BCUT2D eigenvalue weighted by molar-refractivity contribution is -0.166. The van der Waals surface area contributed by atoms with Gasteiger partial charge < -0.3 is 10.6 Å². The lowest BCUT2D eigenvalue weighted by Crippen LogP contribution is -2.49. The highest BCUT2D eigenvalue weighted by atomic mass is 19.4. The van der Waals surface area contributed by atoms with Gasteiger partial charge in [-0.2, -0.15) is 13.2 Å². The summed E-state index contributed by atoms with van der Waals surface area (Å²) in [6.45, 7) is 2.44. The maximum absolute atomic E-state index is 12.7. The highest BCUT2D eigenvalue weighted by molar-refractivity contribution is 5.78. The Hall–Kier alpha value is -0.780. The van der Waals surface area contributed by atoms with E-state index in [-0.39, 0.29) is 12.5 Å². The lowest BCUT2D eigenvalue weighted by Gasteiger charge is -2.34. The van der Waals surface area contributed by atoms with E-state index in [1.54, 1.807) is 13.8 Å². The standard InChI is InChI=1S/C14H25F3N2O/c1-3-11(4-2)19(10-14(15,16)17)12(20)9-13(18)7-5-6-8-13/h11H,3-10,18H2,1-2H3. The Morgan fingerprint density at radius 1 is 1.25 bits per heavy atom. The van der Waals surface area contributed by atoms with Crippen molar-refractivity contribution >= 4 is 5.91 Å². The van der Waals surface area contributed by atoms with E-state index >= 15 is 0 Å².